The molecule has 2 aromatic heterocycles. The lowest BCUT2D eigenvalue weighted by Crippen LogP contribution is -2.09. The number of aromatic amines is 1. The quantitative estimate of drug-likeness (QED) is 0.479. The Hall–Kier alpha value is -2.63. The van der Waals surface area contributed by atoms with Crippen molar-refractivity contribution in [3.63, 3.8) is 0 Å². The van der Waals surface area contributed by atoms with Crippen LogP contribution in [-0.2, 0) is 0 Å². The minimum atomic E-state index is -0.0951. The Morgan fingerprint density at radius 2 is 1.89 bits per heavy atom. The van der Waals surface area contributed by atoms with E-state index in [1.807, 2.05) is 30.7 Å². The van der Waals surface area contributed by atoms with E-state index in [4.69, 9.17) is 5.73 Å². The van der Waals surface area contributed by atoms with Crippen LogP contribution in [0.15, 0.2) is 39.8 Å². The van der Waals surface area contributed by atoms with Gasteiger partial charge in [0, 0.05) is 21.7 Å². The van der Waals surface area contributed by atoms with Gasteiger partial charge in [0.1, 0.15) is 5.75 Å². The number of phenols is 1. The number of thiophene rings is 1. The number of H-pyrrole nitrogens is 1. The van der Waals surface area contributed by atoms with Crippen LogP contribution in [0.2, 0.25) is 0 Å². The smallest absolute Gasteiger partial charge is 0.257 e. The van der Waals surface area contributed by atoms with E-state index in [0.717, 1.165) is 38.5 Å². The van der Waals surface area contributed by atoms with E-state index < -0.39 is 0 Å². The molecule has 0 aliphatic carbocycles. The summed E-state index contributed by atoms with van der Waals surface area (Å²) in [7, 11) is 0. The second-order valence-electron chi connectivity index (χ2n) is 7.20. The summed E-state index contributed by atoms with van der Waals surface area (Å²) >= 11 is 1.50. The lowest BCUT2D eigenvalue weighted by atomic mass is 9.89. The van der Waals surface area contributed by atoms with Crippen molar-refractivity contribution >= 4 is 33.0 Å². The number of nitrogens with one attached hydrogen (secondary N) is 1. The van der Waals surface area contributed by atoms with Crippen molar-refractivity contribution in [3.05, 3.63) is 62.1 Å². The van der Waals surface area contributed by atoms with E-state index in [0.29, 0.717) is 11.9 Å². The predicted molar refractivity (Wildman–Crippen MR) is 114 cm³/mol. The molecule has 5 heteroatoms. The normalized spacial score (nSPS) is 12.7. The van der Waals surface area contributed by atoms with E-state index in [-0.39, 0.29) is 17.2 Å². The van der Waals surface area contributed by atoms with Gasteiger partial charge in [-0.1, -0.05) is 25.1 Å². The van der Waals surface area contributed by atoms with Crippen LogP contribution in [0.25, 0.3) is 32.8 Å². The lowest BCUT2D eigenvalue weighted by Gasteiger charge is -2.17. The molecular weight excluding hydrogens is 356 g/mol. The molecule has 1 unspecified atom stereocenters. The van der Waals surface area contributed by atoms with Gasteiger partial charge in [0.2, 0.25) is 0 Å². The molecule has 0 fully saturated rings. The Kier molecular flexibility index (Phi) is 4.29. The molecule has 138 valence electrons. The number of hydrogen-bond donors (Lipinski definition) is 3. The summed E-state index contributed by atoms with van der Waals surface area (Å²) in [6.07, 6.45) is 0. The van der Waals surface area contributed by atoms with Crippen molar-refractivity contribution < 1.29 is 5.11 Å². The van der Waals surface area contributed by atoms with Crippen LogP contribution in [0.1, 0.15) is 29.5 Å². The fraction of sp³-hybridized carbons (Fsp3) is 0.227. The van der Waals surface area contributed by atoms with Gasteiger partial charge < -0.3 is 15.8 Å². The van der Waals surface area contributed by atoms with Crippen LogP contribution in [0.4, 0.5) is 0 Å². The van der Waals surface area contributed by atoms with Crippen LogP contribution < -0.4 is 11.3 Å². The second-order valence-corrected chi connectivity index (χ2v) is 7.95. The predicted octanol–water partition coefficient (Wildman–Crippen LogP) is 4.79. The molecule has 27 heavy (non-hydrogen) atoms. The summed E-state index contributed by atoms with van der Waals surface area (Å²) in [4.78, 5) is 15.4. The van der Waals surface area contributed by atoms with Gasteiger partial charge in [-0.05, 0) is 60.0 Å². The zero-order chi connectivity index (χ0) is 19.3. The number of hydrogen-bond acceptors (Lipinski definition) is 4. The van der Waals surface area contributed by atoms with Crippen molar-refractivity contribution in [1.82, 2.24) is 4.98 Å². The van der Waals surface area contributed by atoms with Crippen LogP contribution in [0.5, 0.6) is 5.75 Å². The molecule has 0 saturated carbocycles. The Morgan fingerprint density at radius 1 is 1.15 bits per heavy atom. The maximum absolute atomic E-state index is 12.4. The molecule has 4 nitrogen and oxygen atoms in total. The summed E-state index contributed by atoms with van der Waals surface area (Å²) in [6, 6.07) is 7.97. The third kappa shape index (κ3) is 2.74. The molecule has 0 aliphatic rings. The average molecular weight is 378 g/mol. The van der Waals surface area contributed by atoms with E-state index >= 15 is 0 Å². The summed E-state index contributed by atoms with van der Waals surface area (Å²) in [5, 5.41) is 17.1. The summed E-state index contributed by atoms with van der Waals surface area (Å²) in [6.45, 7) is 6.64. The molecule has 0 saturated heterocycles. The Balaban J connectivity index is 2.11. The lowest BCUT2D eigenvalue weighted by molar-refractivity contribution is 0.477. The Labute approximate surface area is 161 Å². The zero-order valence-electron chi connectivity index (χ0n) is 15.6. The molecule has 0 aliphatic heterocycles. The van der Waals surface area contributed by atoms with Crippen molar-refractivity contribution in [2.45, 2.75) is 26.7 Å². The van der Waals surface area contributed by atoms with E-state index in [1.54, 1.807) is 6.07 Å². The highest BCUT2D eigenvalue weighted by molar-refractivity contribution is 7.09. The molecule has 1 atom stereocenters. The first-order valence-corrected chi connectivity index (χ1v) is 9.92. The molecule has 2 aromatic carbocycles. The van der Waals surface area contributed by atoms with Crippen molar-refractivity contribution in [1.29, 1.82) is 0 Å². The number of aromatic nitrogens is 1. The summed E-state index contributed by atoms with van der Waals surface area (Å²) in [5.41, 5.74) is 11.3. The highest BCUT2D eigenvalue weighted by Crippen LogP contribution is 2.42. The highest BCUT2D eigenvalue weighted by Gasteiger charge is 2.19. The molecular formula is C22H22N2O2S. The third-order valence-corrected chi connectivity index (χ3v) is 6.10. The summed E-state index contributed by atoms with van der Waals surface area (Å²) < 4.78 is 0. The topological polar surface area (TPSA) is 79.1 Å². The fourth-order valence-electron chi connectivity index (χ4n) is 3.76. The molecule has 4 N–H and O–H groups in total. The molecule has 0 bridgehead atoms. The van der Waals surface area contributed by atoms with Crippen LogP contribution in [-0.4, -0.2) is 16.6 Å². The molecule has 0 amide bonds. The van der Waals surface area contributed by atoms with Crippen molar-refractivity contribution in [2.75, 3.05) is 6.54 Å². The van der Waals surface area contributed by atoms with Gasteiger partial charge in [-0.3, -0.25) is 4.79 Å². The first-order chi connectivity index (χ1) is 12.9. The van der Waals surface area contributed by atoms with E-state index in [9.17, 15) is 9.90 Å². The summed E-state index contributed by atoms with van der Waals surface area (Å²) in [5.74, 6) is 0.503. The van der Waals surface area contributed by atoms with Gasteiger partial charge >= 0.3 is 0 Å². The van der Waals surface area contributed by atoms with Gasteiger partial charge in [0.05, 0.1) is 10.9 Å². The number of fused-ring (bicyclic) bond motifs is 3. The van der Waals surface area contributed by atoms with Crippen LogP contribution in [0, 0.1) is 13.8 Å². The Bertz CT molecular complexity index is 1240. The molecule has 4 aromatic rings. The van der Waals surface area contributed by atoms with Gasteiger partial charge in [-0.2, -0.15) is 11.3 Å². The SMILES string of the molecule is Cc1cc(C(C)CN)ccc1-c1c(O)cc(C)c2[nH]c(=O)c3cscc3c12. The average Bonchev–Trinajstić information content (AvgIpc) is 3.13. The number of aromatic hydroxyl groups is 1. The van der Waals surface area contributed by atoms with E-state index in [1.165, 1.54) is 16.9 Å². The van der Waals surface area contributed by atoms with Crippen molar-refractivity contribution in [2.24, 2.45) is 5.73 Å². The maximum atomic E-state index is 12.4. The third-order valence-electron chi connectivity index (χ3n) is 5.36. The molecule has 0 radical (unpaired) electrons. The molecule has 0 spiro atoms. The minimum Gasteiger partial charge on any atom is -0.507 e. The zero-order valence-corrected chi connectivity index (χ0v) is 16.4. The standard InChI is InChI=1S/C22H22N2O2S/c1-11-6-14(13(3)8-23)4-5-15(11)19-18(25)7-12(2)21-20(19)16-9-27-10-17(16)22(26)24-21/h4-7,9-10,13,25H,8,23H2,1-3H3,(H,24,26). The Morgan fingerprint density at radius 3 is 2.59 bits per heavy atom. The largest absolute Gasteiger partial charge is 0.507 e. The van der Waals surface area contributed by atoms with Crippen LogP contribution in [0.3, 0.4) is 0 Å². The minimum absolute atomic E-state index is 0.0951. The number of aryl methyl sites for hydroxylation is 2. The highest BCUT2D eigenvalue weighted by atomic mass is 32.1. The first kappa shape index (κ1) is 17.8. The monoisotopic (exact) mass is 378 g/mol. The second kappa shape index (κ2) is 6.51. The number of benzene rings is 2. The number of nitrogens with two attached hydrogens (primary N) is 1. The maximum Gasteiger partial charge on any atom is 0.257 e. The fourth-order valence-corrected chi connectivity index (χ4v) is 4.58. The van der Waals surface area contributed by atoms with Gasteiger partial charge in [0.25, 0.3) is 5.56 Å². The van der Waals surface area contributed by atoms with Crippen LogP contribution >= 0.6 is 11.3 Å². The molecule has 2 heterocycles. The number of rotatable bonds is 3. The number of phenolic OH excluding ortho intramolecular Hbond substituents is 1. The van der Waals surface area contributed by atoms with E-state index in [2.05, 4.69) is 24.0 Å². The number of pyridine rings is 1. The molecule has 4 rings (SSSR count). The van der Waals surface area contributed by atoms with Gasteiger partial charge in [-0.15, -0.1) is 0 Å². The van der Waals surface area contributed by atoms with Crippen molar-refractivity contribution in [3.8, 4) is 16.9 Å². The first-order valence-electron chi connectivity index (χ1n) is 8.97. The van der Waals surface area contributed by atoms with Gasteiger partial charge in [-0.25, -0.2) is 0 Å². The van der Waals surface area contributed by atoms with Gasteiger partial charge in [0.15, 0.2) is 0 Å².